The minimum atomic E-state index is -0.665. The molecule has 3 heterocycles. The van der Waals surface area contributed by atoms with Crippen LogP contribution in [0, 0.1) is 17.2 Å². The highest BCUT2D eigenvalue weighted by Gasteiger charge is 2.48. The molecule has 2 fully saturated rings. The Morgan fingerprint density at radius 3 is 2.50 bits per heavy atom. The average molecular weight is 352 g/mol. The fourth-order valence-corrected chi connectivity index (χ4v) is 4.31. The van der Waals surface area contributed by atoms with E-state index in [-0.39, 0.29) is 5.91 Å². The maximum absolute atomic E-state index is 12.6. The monoisotopic (exact) mass is 352 g/mol. The summed E-state index contributed by atoms with van der Waals surface area (Å²) in [5.74, 6) is 0.784. The summed E-state index contributed by atoms with van der Waals surface area (Å²) < 4.78 is 0. The fraction of sp³-hybridized carbons (Fsp3) is 0.579. The normalized spacial score (nSPS) is 25.4. The molecule has 1 spiro atoms. The van der Waals surface area contributed by atoms with E-state index in [1.807, 2.05) is 24.4 Å². The van der Waals surface area contributed by atoms with Crippen LogP contribution in [0.15, 0.2) is 29.4 Å². The molecule has 0 aromatic carbocycles. The number of amides is 1. The molecule has 1 atom stereocenters. The van der Waals surface area contributed by atoms with E-state index in [1.54, 1.807) is 0 Å². The highest BCUT2D eigenvalue weighted by Crippen LogP contribution is 2.39. The summed E-state index contributed by atoms with van der Waals surface area (Å²) in [6, 6.07) is 8.14. The van der Waals surface area contributed by atoms with Gasteiger partial charge in [0.15, 0.2) is 5.92 Å². The minimum absolute atomic E-state index is 0.188. The van der Waals surface area contributed by atoms with Gasteiger partial charge >= 0.3 is 0 Å². The van der Waals surface area contributed by atoms with Crippen LogP contribution in [0.1, 0.15) is 32.1 Å². The van der Waals surface area contributed by atoms with Crippen LogP contribution in [0.4, 0.5) is 5.82 Å². The van der Waals surface area contributed by atoms with Crippen molar-refractivity contribution in [3.63, 3.8) is 0 Å². The number of nitriles is 1. The van der Waals surface area contributed by atoms with Gasteiger partial charge in [0.2, 0.25) is 11.9 Å². The molecule has 7 heteroatoms. The SMILES string of the molecule is N#C[C@@H]1C(=O)NC(N2CCN(c3ccccn3)CC2)=NC12CCCCC2. The number of carbonyl (C=O) groups excluding carboxylic acids is 1. The summed E-state index contributed by atoms with van der Waals surface area (Å²) in [4.78, 5) is 26.3. The average Bonchev–Trinajstić information content (AvgIpc) is 2.69. The van der Waals surface area contributed by atoms with E-state index in [1.165, 1.54) is 0 Å². The Bertz CT molecular complexity index is 726. The zero-order valence-electron chi connectivity index (χ0n) is 14.9. The van der Waals surface area contributed by atoms with Gasteiger partial charge in [0, 0.05) is 32.4 Å². The third-order valence-corrected chi connectivity index (χ3v) is 5.76. The first-order chi connectivity index (χ1) is 12.7. The van der Waals surface area contributed by atoms with Gasteiger partial charge in [-0.2, -0.15) is 5.26 Å². The molecule has 1 saturated heterocycles. The largest absolute Gasteiger partial charge is 0.353 e. The number of aromatic nitrogens is 1. The van der Waals surface area contributed by atoms with E-state index in [0.29, 0.717) is 5.96 Å². The molecule has 0 bridgehead atoms. The first-order valence-electron chi connectivity index (χ1n) is 9.43. The molecule has 1 amide bonds. The summed E-state index contributed by atoms with van der Waals surface area (Å²) in [5.41, 5.74) is -0.525. The van der Waals surface area contributed by atoms with Crippen molar-refractivity contribution < 1.29 is 4.79 Å². The van der Waals surface area contributed by atoms with Crippen LogP contribution in [0.25, 0.3) is 0 Å². The number of guanidine groups is 1. The van der Waals surface area contributed by atoms with Crippen molar-refractivity contribution in [2.45, 2.75) is 37.6 Å². The van der Waals surface area contributed by atoms with Crippen LogP contribution in [0.5, 0.6) is 0 Å². The van der Waals surface area contributed by atoms with Gasteiger partial charge in [-0.1, -0.05) is 25.3 Å². The first-order valence-corrected chi connectivity index (χ1v) is 9.43. The topological polar surface area (TPSA) is 84.6 Å². The molecule has 4 rings (SSSR count). The molecule has 7 nitrogen and oxygen atoms in total. The molecular formula is C19H24N6O. The summed E-state index contributed by atoms with van der Waals surface area (Å²) in [6.45, 7) is 3.23. The van der Waals surface area contributed by atoms with Gasteiger partial charge in [0.1, 0.15) is 5.82 Å². The Kier molecular flexibility index (Phi) is 4.49. The number of nitrogens with zero attached hydrogens (tertiary/aromatic N) is 5. The molecular weight excluding hydrogens is 328 g/mol. The van der Waals surface area contributed by atoms with Gasteiger partial charge in [-0.3, -0.25) is 10.1 Å². The molecule has 1 aromatic heterocycles. The Balaban J connectivity index is 1.51. The van der Waals surface area contributed by atoms with Crippen LogP contribution in [-0.2, 0) is 4.79 Å². The summed E-state index contributed by atoms with van der Waals surface area (Å²) in [7, 11) is 0. The van der Waals surface area contributed by atoms with E-state index in [9.17, 15) is 10.1 Å². The first kappa shape index (κ1) is 16.8. The lowest BCUT2D eigenvalue weighted by molar-refractivity contribution is -0.125. The van der Waals surface area contributed by atoms with Gasteiger partial charge in [0.05, 0.1) is 11.6 Å². The molecule has 1 aromatic rings. The second kappa shape index (κ2) is 6.94. The van der Waals surface area contributed by atoms with E-state index in [4.69, 9.17) is 4.99 Å². The second-order valence-electron chi connectivity index (χ2n) is 7.31. The molecule has 1 aliphatic carbocycles. The second-order valence-corrected chi connectivity index (χ2v) is 7.31. The summed E-state index contributed by atoms with van der Waals surface area (Å²) in [5, 5.41) is 12.4. The standard InChI is InChI=1S/C19H24N6O/c20-14-15-17(26)22-18(23-19(15)7-3-1-4-8-19)25-12-10-24(11-13-25)16-6-2-5-9-21-16/h2,5-6,9,15H,1,3-4,7-8,10-13H2,(H,22,23,26)/t15-/m1/s1. The van der Waals surface area contributed by atoms with Crippen LogP contribution in [0.2, 0.25) is 0 Å². The molecule has 26 heavy (non-hydrogen) atoms. The van der Waals surface area contributed by atoms with Crippen molar-refractivity contribution in [1.29, 1.82) is 5.26 Å². The van der Waals surface area contributed by atoms with Crippen molar-refractivity contribution in [1.82, 2.24) is 15.2 Å². The smallest absolute Gasteiger partial charge is 0.246 e. The third kappa shape index (κ3) is 3.00. The number of hydrogen-bond donors (Lipinski definition) is 1. The molecule has 136 valence electrons. The number of carbonyl (C=O) groups is 1. The third-order valence-electron chi connectivity index (χ3n) is 5.76. The summed E-state index contributed by atoms with van der Waals surface area (Å²) >= 11 is 0. The van der Waals surface area contributed by atoms with Gasteiger partial charge < -0.3 is 9.80 Å². The number of hydrogen-bond acceptors (Lipinski definition) is 6. The van der Waals surface area contributed by atoms with Crippen LogP contribution in [-0.4, -0.2) is 53.5 Å². The molecule has 2 aliphatic heterocycles. The Hall–Kier alpha value is -2.62. The zero-order chi connectivity index (χ0) is 18.0. The van der Waals surface area contributed by atoms with Gasteiger partial charge in [-0.15, -0.1) is 0 Å². The van der Waals surface area contributed by atoms with Crippen molar-refractivity contribution in [2.24, 2.45) is 10.9 Å². The zero-order valence-corrected chi connectivity index (χ0v) is 14.9. The Morgan fingerprint density at radius 1 is 1.12 bits per heavy atom. The number of rotatable bonds is 1. The number of pyridine rings is 1. The maximum Gasteiger partial charge on any atom is 0.246 e. The fourth-order valence-electron chi connectivity index (χ4n) is 4.31. The lowest BCUT2D eigenvalue weighted by Crippen LogP contribution is -2.60. The van der Waals surface area contributed by atoms with E-state index in [0.717, 1.165) is 64.1 Å². The van der Waals surface area contributed by atoms with Crippen molar-refractivity contribution >= 4 is 17.7 Å². The molecule has 0 unspecified atom stereocenters. The van der Waals surface area contributed by atoms with E-state index in [2.05, 4.69) is 26.2 Å². The van der Waals surface area contributed by atoms with Gasteiger partial charge in [-0.25, -0.2) is 9.98 Å². The van der Waals surface area contributed by atoms with Gasteiger partial charge in [-0.05, 0) is 25.0 Å². The minimum Gasteiger partial charge on any atom is -0.353 e. The maximum atomic E-state index is 12.6. The van der Waals surface area contributed by atoms with Crippen molar-refractivity contribution in [3.8, 4) is 6.07 Å². The highest BCUT2D eigenvalue weighted by atomic mass is 16.2. The van der Waals surface area contributed by atoms with Crippen molar-refractivity contribution in [3.05, 3.63) is 24.4 Å². The predicted octanol–water partition coefficient (Wildman–Crippen LogP) is 1.53. The van der Waals surface area contributed by atoms with Crippen LogP contribution in [0.3, 0.4) is 0 Å². The number of piperazine rings is 1. The molecule has 1 saturated carbocycles. The summed E-state index contributed by atoms with van der Waals surface area (Å²) in [6.07, 6.45) is 6.70. The Labute approximate surface area is 153 Å². The lowest BCUT2D eigenvalue weighted by atomic mass is 9.72. The number of aliphatic imine (C=N–C) groups is 1. The van der Waals surface area contributed by atoms with E-state index >= 15 is 0 Å². The van der Waals surface area contributed by atoms with E-state index < -0.39 is 11.5 Å². The number of nitrogens with one attached hydrogen (secondary N) is 1. The van der Waals surface area contributed by atoms with Gasteiger partial charge in [0.25, 0.3) is 0 Å². The molecule has 1 N–H and O–H groups in total. The molecule has 3 aliphatic rings. The highest BCUT2D eigenvalue weighted by molar-refractivity contribution is 6.02. The predicted molar refractivity (Wildman–Crippen MR) is 98.5 cm³/mol. The van der Waals surface area contributed by atoms with Crippen LogP contribution < -0.4 is 10.2 Å². The molecule has 0 radical (unpaired) electrons. The quantitative estimate of drug-likeness (QED) is 0.829. The lowest BCUT2D eigenvalue weighted by Gasteiger charge is -2.43. The Morgan fingerprint density at radius 2 is 1.85 bits per heavy atom. The van der Waals surface area contributed by atoms with Crippen molar-refractivity contribution in [2.75, 3.05) is 31.1 Å². The van der Waals surface area contributed by atoms with Crippen LogP contribution >= 0.6 is 0 Å². The number of anilines is 1.